The number of hydrogen-bond acceptors (Lipinski definition) is 3. The Balaban J connectivity index is 3.67. The van der Waals surface area contributed by atoms with Crippen molar-refractivity contribution in [2.45, 2.75) is 58.2 Å². The molecule has 0 fully saturated rings. The Morgan fingerprint density at radius 2 is 1.87 bits per heavy atom. The average Bonchev–Trinajstić information content (AvgIpc) is 2.23. The molecule has 1 unspecified atom stereocenters. The lowest BCUT2D eigenvalue weighted by atomic mass is 9.98. The van der Waals surface area contributed by atoms with Crippen LogP contribution in [0.25, 0.3) is 0 Å². The molecule has 0 amide bonds. The standard InChI is InChI=1S/C12H24O3/c1-10(14-4)6-7-11(13)8-9-12(2,3)15-5/h10H,6-9H2,1-5H3. The Labute approximate surface area is 93.1 Å². The Morgan fingerprint density at radius 3 is 2.33 bits per heavy atom. The fraction of sp³-hybridized carbons (Fsp3) is 0.917. The second kappa shape index (κ2) is 6.96. The van der Waals surface area contributed by atoms with Crippen LogP contribution < -0.4 is 0 Å². The highest BCUT2D eigenvalue weighted by molar-refractivity contribution is 5.78. The zero-order valence-corrected chi connectivity index (χ0v) is 10.6. The summed E-state index contributed by atoms with van der Waals surface area (Å²) in [6.07, 6.45) is 2.96. The van der Waals surface area contributed by atoms with Crippen molar-refractivity contribution < 1.29 is 14.3 Å². The molecule has 0 aliphatic carbocycles. The fourth-order valence-corrected chi connectivity index (χ4v) is 1.15. The van der Waals surface area contributed by atoms with Crippen LogP contribution >= 0.6 is 0 Å². The lowest BCUT2D eigenvalue weighted by Crippen LogP contribution is -2.23. The molecule has 0 heterocycles. The van der Waals surface area contributed by atoms with E-state index in [1.54, 1.807) is 14.2 Å². The summed E-state index contributed by atoms with van der Waals surface area (Å²) >= 11 is 0. The molecule has 0 N–H and O–H groups in total. The molecule has 90 valence electrons. The molecule has 0 bridgehead atoms. The second-order valence-electron chi connectivity index (χ2n) is 4.59. The summed E-state index contributed by atoms with van der Waals surface area (Å²) in [5, 5.41) is 0. The van der Waals surface area contributed by atoms with Gasteiger partial charge in [0.1, 0.15) is 5.78 Å². The summed E-state index contributed by atoms with van der Waals surface area (Å²) in [4.78, 5) is 11.5. The zero-order valence-electron chi connectivity index (χ0n) is 10.6. The van der Waals surface area contributed by atoms with Gasteiger partial charge in [0, 0.05) is 27.1 Å². The lowest BCUT2D eigenvalue weighted by Gasteiger charge is -2.22. The van der Waals surface area contributed by atoms with Crippen LogP contribution in [0.15, 0.2) is 0 Å². The molecule has 0 aromatic rings. The van der Waals surface area contributed by atoms with Gasteiger partial charge in [-0.25, -0.2) is 0 Å². The van der Waals surface area contributed by atoms with Crippen LogP contribution in [-0.2, 0) is 14.3 Å². The van der Waals surface area contributed by atoms with Gasteiger partial charge in [-0.1, -0.05) is 0 Å². The van der Waals surface area contributed by atoms with Crippen LogP contribution in [0, 0.1) is 0 Å². The van der Waals surface area contributed by atoms with Crippen LogP contribution in [0.3, 0.4) is 0 Å². The van der Waals surface area contributed by atoms with Crippen LogP contribution in [-0.4, -0.2) is 31.7 Å². The van der Waals surface area contributed by atoms with Crippen molar-refractivity contribution in [2.75, 3.05) is 14.2 Å². The van der Waals surface area contributed by atoms with E-state index in [1.165, 1.54) is 0 Å². The fourth-order valence-electron chi connectivity index (χ4n) is 1.15. The van der Waals surface area contributed by atoms with Gasteiger partial charge in [0.2, 0.25) is 0 Å². The molecule has 0 saturated heterocycles. The monoisotopic (exact) mass is 216 g/mol. The van der Waals surface area contributed by atoms with Crippen molar-refractivity contribution in [3.05, 3.63) is 0 Å². The van der Waals surface area contributed by atoms with Gasteiger partial charge < -0.3 is 9.47 Å². The van der Waals surface area contributed by atoms with Gasteiger partial charge in [-0.15, -0.1) is 0 Å². The highest BCUT2D eigenvalue weighted by Crippen LogP contribution is 2.16. The second-order valence-corrected chi connectivity index (χ2v) is 4.59. The average molecular weight is 216 g/mol. The van der Waals surface area contributed by atoms with E-state index >= 15 is 0 Å². The maximum atomic E-state index is 11.5. The highest BCUT2D eigenvalue weighted by Gasteiger charge is 2.17. The van der Waals surface area contributed by atoms with E-state index < -0.39 is 0 Å². The molecule has 3 heteroatoms. The molecular weight excluding hydrogens is 192 g/mol. The number of Topliss-reactive ketones (excluding diaryl/α,β-unsaturated/α-hetero) is 1. The van der Waals surface area contributed by atoms with Crippen LogP contribution in [0.1, 0.15) is 46.5 Å². The topological polar surface area (TPSA) is 35.5 Å². The molecular formula is C12H24O3. The minimum absolute atomic E-state index is 0.171. The number of rotatable bonds is 8. The van der Waals surface area contributed by atoms with Gasteiger partial charge in [-0.05, 0) is 33.6 Å². The van der Waals surface area contributed by atoms with Crippen molar-refractivity contribution >= 4 is 5.78 Å². The molecule has 0 aliphatic rings. The predicted octanol–water partition coefficient (Wildman–Crippen LogP) is 2.58. The largest absolute Gasteiger partial charge is 0.382 e. The van der Waals surface area contributed by atoms with Crippen LogP contribution in [0.2, 0.25) is 0 Å². The van der Waals surface area contributed by atoms with E-state index in [0.717, 1.165) is 12.8 Å². The van der Waals surface area contributed by atoms with Gasteiger partial charge in [0.25, 0.3) is 0 Å². The minimum Gasteiger partial charge on any atom is -0.382 e. The van der Waals surface area contributed by atoms with E-state index in [0.29, 0.717) is 18.6 Å². The predicted molar refractivity (Wildman–Crippen MR) is 61.0 cm³/mol. The molecule has 3 nitrogen and oxygen atoms in total. The Kier molecular flexibility index (Phi) is 6.77. The smallest absolute Gasteiger partial charge is 0.133 e. The summed E-state index contributed by atoms with van der Waals surface area (Å²) in [5.41, 5.74) is -0.192. The number of carbonyl (C=O) groups is 1. The molecule has 0 spiro atoms. The first-order valence-corrected chi connectivity index (χ1v) is 5.51. The number of ether oxygens (including phenoxy) is 2. The van der Waals surface area contributed by atoms with Crippen molar-refractivity contribution in [3.63, 3.8) is 0 Å². The van der Waals surface area contributed by atoms with Crippen LogP contribution in [0.4, 0.5) is 0 Å². The Hall–Kier alpha value is -0.410. The van der Waals surface area contributed by atoms with E-state index in [1.807, 2.05) is 20.8 Å². The molecule has 15 heavy (non-hydrogen) atoms. The third-order valence-electron chi connectivity index (χ3n) is 2.79. The zero-order chi connectivity index (χ0) is 11.9. The molecule has 0 radical (unpaired) electrons. The minimum atomic E-state index is -0.192. The van der Waals surface area contributed by atoms with Crippen LogP contribution in [0.5, 0.6) is 0 Å². The third-order valence-corrected chi connectivity index (χ3v) is 2.79. The Bertz CT molecular complexity index is 187. The van der Waals surface area contributed by atoms with Gasteiger partial charge in [-0.2, -0.15) is 0 Å². The maximum absolute atomic E-state index is 11.5. The quantitative estimate of drug-likeness (QED) is 0.625. The third kappa shape index (κ3) is 7.51. The summed E-state index contributed by atoms with van der Waals surface area (Å²) in [6.45, 7) is 5.97. The van der Waals surface area contributed by atoms with Crippen molar-refractivity contribution in [2.24, 2.45) is 0 Å². The van der Waals surface area contributed by atoms with E-state index in [9.17, 15) is 4.79 Å². The van der Waals surface area contributed by atoms with E-state index in [-0.39, 0.29) is 11.7 Å². The molecule has 0 aromatic carbocycles. The molecule has 1 atom stereocenters. The van der Waals surface area contributed by atoms with Gasteiger partial charge in [-0.3, -0.25) is 4.79 Å². The maximum Gasteiger partial charge on any atom is 0.133 e. The first-order chi connectivity index (χ1) is 6.91. The first-order valence-electron chi connectivity index (χ1n) is 5.51. The van der Waals surface area contributed by atoms with E-state index in [4.69, 9.17) is 9.47 Å². The molecule has 0 rings (SSSR count). The van der Waals surface area contributed by atoms with E-state index in [2.05, 4.69) is 0 Å². The SMILES string of the molecule is COC(C)CCC(=O)CCC(C)(C)OC. The molecule has 0 saturated carbocycles. The van der Waals surface area contributed by atoms with Gasteiger partial charge in [0.05, 0.1) is 11.7 Å². The van der Waals surface area contributed by atoms with Gasteiger partial charge >= 0.3 is 0 Å². The summed E-state index contributed by atoms with van der Waals surface area (Å²) in [6, 6.07) is 0. The van der Waals surface area contributed by atoms with Gasteiger partial charge in [0.15, 0.2) is 0 Å². The summed E-state index contributed by atoms with van der Waals surface area (Å²) in [5.74, 6) is 0.295. The summed E-state index contributed by atoms with van der Waals surface area (Å²) < 4.78 is 10.3. The first kappa shape index (κ1) is 14.6. The van der Waals surface area contributed by atoms with Crippen molar-refractivity contribution in [1.82, 2.24) is 0 Å². The van der Waals surface area contributed by atoms with Crippen molar-refractivity contribution in [1.29, 1.82) is 0 Å². The highest BCUT2D eigenvalue weighted by atomic mass is 16.5. The number of carbonyl (C=O) groups excluding carboxylic acids is 1. The number of methoxy groups -OCH3 is 2. The number of ketones is 1. The van der Waals surface area contributed by atoms with Crippen molar-refractivity contribution in [3.8, 4) is 0 Å². The lowest BCUT2D eigenvalue weighted by molar-refractivity contribution is -0.121. The molecule has 0 aromatic heterocycles. The number of hydrogen-bond donors (Lipinski definition) is 0. The summed E-state index contributed by atoms with van der Waals surface area (Å²) in [7, 11) is 3.35. The molecule has 0 aliphatic heterocycles. The normalized spacial score (nSPS) is 13.9. The Morgan fingerprint density at radius 1 is 1.27 bits per heavy atom.